The van der Waals surface area contributed by atoms with Crippen molar-refractivity contribution in [3.8, 4) is 22.3 Å². The molecule has 0 saturated carbocycles. The molecule has 2 radical (unpaired) electrons. The van der Waals surface area contributed by atoms with Gasteiger partial charge < -0.3 is 0 Å². The van der Waals surface area contributed by atoms with Gasteiger partial charge in [-0.1, -0.05) is 0 Å². The Balaban J connectivity index is 2.59. The molecule has 3 aromatic rings. The Kier molecular flexibility index (Phi) is 6.39. The molecule has 32 heavy (non-hydrogen) atoms. The fourth-order valence-electron chi connectivity index (χ4n) is 3.11. The minimum absolute atomic E-state index is 0.739. The van der Waals surface area contributed by atoms with E-state index in [0.717, 1.165) is 6.92 Å². The SMILES string of the molecule is [B]c1c(F)c(F)c(F)c(F)c1-c1c(F)c(C)c(F)c(-c2c(F)c(F)c(F)c(F)c2P)c1P. The van der Waals surface area contributed by atoms with E-state index in [1.807, 2.05) is 0 Å². The van der Waals surface area contributed by atoms with Gasteiger partial charge in [0, 0.05) is 33.1 Å². The highest BCUT2D eigenvalue weighted by atomic mass is 31.0. The van der Waals surface area contributed by atoms with Crippen molar-refractivity contribution in [3.63, 3.8) is 0 Å². The average Bonchev–Trinajstić information content (AvgIpc) is 2.76. The summed E-state index contributed by atoms with van der Waals surface area (Å²) in [6.45, 7) is 0.739. The average molecular weight is 498 g/mol. The van der Waals surface area contributed by atoms with Gasteiger partial charge in [-0.15, -0.1) is 18.5 Å². The van der Waals surface area contributed by atoms with Crippen molar-refractivity contribution < 1.29 is 43.9 Å². The van der Waals surface area contributed by atoms with Crippen molar-refractivity contribution >= 4 is 42.4 Å². The molecule has 0 spiro atoms. The first-order chi connectivity index (χ1) is 14.7. The highest BCUT2D eigenvalue weighted by molar-refractivity contribution is 7.29. The maximum Gasteiger partial charge on any atom is 0.198 e. The third-order valence-electron chi connectivity index (χ3n) is 4.74. The fourth-order valence-corrected chi connectivity index (χ4v) is 4.05. The van der Waals surface area contributed by atoms with E-state index in [9.17, 15) is 43.9 Å². The van der Waals surface area contributed by atoms with Crippen molar-refractivity contribution in [2.45, 2.75) is 6.92 Å². The smallest absolute Gasteiger partial charge is 0.198 e. The van der Waals surface area contributed by atoms with Crippen molar-refractivity contribution in [3.05, 3.63) is 63.7 Å². The number of benzene rings is 3. The summed E-state index contributed by atoms with van der Waals surface area (Å²) < 4.78 is 142. The lowest BCUT2D eigenvalue weighted by Crippen LogP contribution is -2.24. The Morgan fingerprint density at radius 3 is 1.28 bits per heavy atom. The van der Waals surface area contributed by atoms with E-state index in [0.29, 0.717) is 0 Å². The maximum atomic E-state index is 15.0. The fraction of sp³-hybridized carbons (Fsp3) is 0.0526. The van der Waals surface area contributed by atoms with E-state index in [4.69, 9.17) is 7.85 Å². The summed E-state index contributed by atoms with van der Waals surface area (Å²) >= 11 is 0. The molecule has 0 N–H and O–H groups in total. The van der Waals surface area contributed by atoms with Crippen LogP contribution in [0.4, 0.5) is 43.9 Å². The Bertz CT molecular complexity index is 1170. The molecule has 0 heterocycles. The molecule has 0 amide bonds. The van der Waals surface area contributed by atoms with E-state index in [-0.39, 0.29) is 0 Å². The van der Waals surface area contributed by atoms with Crippen LogP contribution in [-0.4, -0.2) is 7.85 Å². The zero-order valence-corrected chi connectivity index (χ0v) is 17.8. The van der Waals surface area contributed by atoms with E-state index in [2.05, 4.69) is 0 Å². The Hall–Kier alpha value is -2.12. The predicted octanol–water partition coefficient (Wildman–Crippen LogP) is 4.51. The minimum atomic E-state index is -2.38. The van der Waals surface area contributed by atoms with Crippen LogP contribution in [-0.2, 0) is 0 Å². The lowest BCUT2D eigenvalue weighted by molar-refractivity contribution is 0.413. The Labute approximate surface area is 179 Å². The van der Waals surface area contributed by atoms with E-state index in [1.54, 1.807) is 9.24 Å². The second-order valence-corrected chi connectivity index (χ2v) is 7.66. The standard InChI is InChI=1S/C19H7BF10P2/c1-2-8(21)4(3-7(20)12(25)15(28)13(26)10(3)23)18(31)5(9(2)22)6-11(24)14(27)16(29)17(30)19(6)32/h31-32H2,1H3. The molecule has 2 unspecified atom stereocenters. The van der Waals surface area contributed by atoms with Gasteiger partial charge in [-0.25, -0.2) is 43.9 Å². The zero-order valence-electron chi connectivity index (χ0n) is 15.5. The second kappa shape index (κ2) is 8.34. The van der Waals surface area contributed by atoms with Crippen LogP contribution in [0.5, 0.6) is 0 Å². The highest BCUT2D eigenvalue weighted by Crippen LogP contribution is 2.37. The molecule has 0 aromatic heterocycles. The molecule has 0 nitrogen and oxygen atoms in total. The lowest BCUT2D eigenvalue weighted by Gasteiger charge is -2.21. The maximum absolute atomic E-state index is 15.0. The van der Waals surface area contributed by atoms with E-state index < -0.39 is 102 Å². The monoisotopic (exact) mass is 498 g/mol. The molecule has 0 aliphatic heterocycles. The molecule has 3 rings (SSSR count). The van der Waals surface area contributed by atoms with Gasteiger partial charge >= 0.3 is 0 Å². The molecule has 0 aliphatic carbocycles. The molecule has 0 saturated heterocycles. The largest absolute Gasteiger partial charge is 0.206 e. The molecule has 0 fully saturated rings. The third kappa shape index (κ3) is 3.32. The first kappa shape index (κ1) is 24.5. The predicted molar refractivity (Wildman–Crippen MR) is 106 cm³/mol. The van der Waals surface area contributed by atoms with Gasteiger partial charge in [-0.05, 0) is 17.7 Å². The van der Waals surface area contributed by atoms with Gasteiger partial charge in [0.1, 0.15) is 19.5 Å². The van der Waals surface area contributed by atoms with Gasteiger partial charge in [0.15, 0.2) is 46.5 Å². The van der Waals surface area contributed by atoms with Crippen molar-refractivity contribution in [1.29, 1.82) is 0 Å². The van der Waals surface area contributed by atoms with Crippen LogP contribution in [0.1, 0.15) is 5.56 Å². The van der Waals surface area contributed by atoms with Crippen LogP contribution in [0.2, 0.25) is 0 Å². The van der Waals surface area contributed by atoms with Crippen molar-refractivity contribution in [2.75, 3.05) is 0 Å². The van der Waals surface area contributed by atoms with Crippen molar-refractivity contribution in [2.24, 2.45) is 0 Å². The first-order valence-electron chi connectivity index (χ1n) is 8.26. The normalized spacial score (nSPS) is 11.4. The minimum Gasteiger partial charge on any atom is -0.206 e. The van der Waals surface area contributed by atoms with Gasteiger partial charge in [0.25, 0.3) is 0 Å². The molecular weight excluding hydrogens is 491 g/mol. The molecule has 166 valence electrons. The van der Waals surface area contributed by atoms with Gasteiger partial charge in [0.05, 0.1) is 0 Å². The molecular formula is C19H7BF10P2. The number of hydrogen-bond acceptors (Lipinski definition) is 0. The second-order valence-electron chi connectivity index (χ2n) is 6.51. The van der Waals surface area contributed by atoms with Gasteiger partial charge in [0.2, 0.25) is 0 Å². The summed E-state index contributed by atoms with van der Waals surface area (Å²) in [4.78, 5) is 0. The van der Waals surface area contributed by atoms with Crippen LogP contribution in [0.3, 0.4) is 0 Å². The van der Waals surface area contributed by atoms with Crippen LogP contribution in [0, 0.1) is 65.1 Å². The van der Waals surface area contributed by atoms with Crippen LogP contribution in [0.25, 0.3) is 22.3 Å². The van der Waals surface area contributed by atoms with E-state index in [1.165, 1.54) is 9.24 Å². The van der Waals surface area contributed by atoms with E-state index >= 15 is 0 Å². The summed E-state index contributed by atoms with van der Waals surface area (Å²) in [6.07, 6.45) is 0. The van der Waals surface area contributed by atoms with Gasteiger partial charge in [-0.3, -0.25) is 0 Å². The zero-order chi connectivity index (χ0) is 24.4. The molecule has 3 aromatic carbocycles. The van der Waals surface area contributed by atoms with Crippen LogP contribution < -0.4 is 16.1 Å². The summed E-state index contributed by atoms with van der Waals surface area (Å²) in [7, 11) is 8.40. The topological polar surface area (TPSA) is 0 Å². The van der Waals surface area contributed by atoms with Crippen LogP contribution >= 0.6 is 18.5 Å². The quantitative estimate of drug-likeness (QED) is 0.161. The highest BCUT2D eigenvalue weighted by Gasteiger charge is 2.33. The Morgan fingerprint density at radius 2 is 0.781 bits per heavy atom. The molecule has 13 heteroatoms. The summed E-state index contributed by atoms with van der Waals surface area (Å²) in [6, 6.07) is 0. The lowest BCUT2D eigenvalue weighted by atomic mass is 9.83. The van der Waals surface area contributed by atoms with Crippen LogP contribution in [0.15, 0.2) is 0 Å². The summed E-state index contributed by atoms with van der Waals surface area (Å²) in [5.41, 5.74) is -7.30. The molecule has 0 bridgehead atoms. The number of hydrogen-bond donors (Lipinski definition) is 0. The third-order valence-corrected chi connectivity index (χ3v) is 5.86. The Morgan fingerprint density at radius 1 is 0.438 bits per heavy atom. The summed E-state index contributed by atoms with van der Waals surface area (Å²) in [5.74, 6) is -20.8. The first-order valence-corrected chi connectivity index (χ1v) is 9.41. The van der Waals surface area contributed by atoms with Crippen molar-refractivity contribution in [1.82, 2.24) is 0 Å². The molecule has 2 atom stereocenters. The number of rotatable bonds is 2. The van der Waals surface area contributed by atoms with Gasteiger partial charge in [-0.2, -0.15) is 0 Å². The number of halogens is 10. The summed E-state index contributed by atoms with van der Waals surface area (Å²) in [5, 5.41) is -1.92. The molecule has 0 aliphatic rings.